The van der Waals surface area contributed by atoms with E-state index in [4.69, 9.17) is 4.74 Å². The number of aromatic nitrogens is 3. The third-order valence-electron chi connectivity index (χ3n) is 4.89. The highest BCUT2D eigenvalue weighted by Gasteiger charge is 2.30. The Morgan fingerprint density at radius 3 is 2.71 bits per heavy atom. The fraction of sp³-hybridized carbons (Fsp3) is 0.227. The van der Waals surface area contributed by atoms with E-state index in [-0.39, 0.29) is 28.7 Å². The minimum absolute atomic E-state index is 0.00283. The smallest absolute Gasteiger partial charge is 0.378 e. The predicted molar refractivity (Wildman–Crippen MR) is 120 cm³/mol. The van der Waals surface area contributed by atoms with Crippen molar-refractivity contribution in [3.05, 3.63) is 71.4 Å². The Balaban J connectivity index is 1.41. The van der Waals surface area contributed by atoms with Gasteiger partial charge in [0.05, 0.1) is 36.9 Å². The third kappa shape index (κ3) is 6.26. The van der Waals surface area contributed by atoms with Gasteiger partial charge in [0.2, 0.25) is 5.95 Å². The van der Waals surface area contributed by atoms with Gasteiger partial charge in [0.25, 0.3) is 5.91 Å². The SMILES string of the molecule is O=C(Nc1cccc(C(F)(F)F)c1)c1ccnc(/C=N/Nc2ncc(F)c(N3CCOCC3)n2)c1. The normalized spacial score (nSPS) is 14.2. The Labute approximate surface area is 196 Å². The molecule has 0 spiro atoms. The zero-order valence-electron chi connectivity index (χ0n) is 18.1. The van der Waals surface area contributed by atoms with Crippen LogP contribution in [0, 0.1) is 5.82 Å². The Hall–Kier alpha value is -4.13. The number of nitrogens with zero attached hydrogens (tertiary/aromatic N) is 5. The molecule has 0 atom stereocenters. The number of hydrogen-bond acceptors (Lipinski definition) is 8. The van der Waals surface area contributed by atoms with E-state index < -0.39 is 23.5 Å². The van der Waals surface area contributed by atoms with E-state index in [2.05, 4.69) is 30.8 Å². The van der Waals surface area contributed by atoms with E-state index in [0.717, 1.165) is 18.3 Å². The molecular formula is C22H19F4N7O2. The maximum absolute atomic E-state index is 14.1. The maximum atomic E-state index is 14.1. The first kappa shape index (κ1) is 24.0. The van der Waals surface area contributed by atoms with Gasteiger partial charge >= 0.3 is 6.18 Å². The molecular weight excluding hydrogens is 470 g/mol. The van der Waals surface area contributed by atoms with E-state index in [9.17, 15) is 22.4 Å². The molecule has 0 unspecified atom stereocenters. The summed E-state index contributed by atoms with van der Waals surface area (Å²) < 4.78 is 58.0. The number of pyridine rings is 1. The minimum Gasteiger partial charge on any atom is -0.378 e. The highest BCUT2D eigenvalue weighted by molar-refractivity contribution is 6.04. The number of nitrogens with one attached hydrogen (secondary N) is 2. The molecule has 9 nitrogen and oxygen atoms in total. The van der Waals surface area contributed by atoms with E-state index in [1.54, 1.807) is 4.90 Å². The van der Waals surface area contributed by atoms with Crippen molar-refractivity contribution in [2.45, 2.75) is 6.18 Å². The molecule has 0 radical (unpaired) electrons. The lowest BCUT2D eigenvalue weighted by molar-refractivity contribution is -0.137. The van der Waals surface area contributed by atoms with Crippen LogP contribution in [0.1, 0.15) is 21.6 Å². The number of ether oxygens (including phenoxy) is 1. The van der Waals surface area contributed by atoms with Crippen LogP contribution in [0.3, 0.4) is 0 Å². The molecule has 13 heteroatoms. The summed E-state index contributed by atoms with van der Waals surface area (Å²) >= 11 is 0. The summed E-state index contributed by atoms with van der Waals surface area (Å²) in [5.41, 5.74) is 2.16. The van der Waals surface area contributed by atoms with E-state index in [1.807, 2.05) is 0 Å². The molecule has 2 aromatic heterocycles. The molecule has 182 valence electrons. The number of carbonyl (C=O) groups is 1. The predicted octanol–water partition coefficient (Wildman–Crippen LogP) is 3.56. The number of anilines is 3. The van der Waals surface area contributed by atoms with Crippen molar-refractivity contribution in [2.75, 3.05) is 41.9 Å². The number of halogens is 4. The van der Waals surface area contributed by atoms with Crippen molar-refractivity contribution < 1.29 is 27.1 Å². The number of hydrogen-bond donors (Lipinski definition) is 2. The lowest BCUT2D eigenvalue weighted by Crippen LogP contribution is -2.37. The van der Waals surface area contributed by atoms with Crippen LogP contribution in [-0.2, 0) is 10.9 Å². The van der Waals surface area contributed by atoms with Crippen molar-refractivity contribution in [3.63, 3.8) is 0 Å². The van der Waals surface area contributed by atoms with Gasteiger partial charge in [-0.05, 0) is 30.3 Å². The molecule has 3 heterocycles. The fourth-order valence-electron chi connectivity index (χ4n) is 3.20. The molecule has 1 saturated heterocycles. The first-order valence-corrected chi connectivity index (χ1v) is 10.4. The van der Waals surface area contributed by atoms with Crippen molar-refractivity contribution in [1.82, 2.24) is 15.0 Å². The van der Waals surface area contributed by atoms with Gasteiger partial charge in [0, 0.05) is 30.5 Å². The molecule has 2 N–H and O–H groups in total. The van der Waals surface area contributed by atoms with Gasteiger partial charge in [-0.1, -0.05) is 6.07 Å². The quantitative estimate of drug-likeness (QED) is 0.310. The van der Waals surface area contributed by atoms with Crippen LogP contribution in [0.25, 0.3) is 0 Å². The van der Waals surface area contributed by atoms with Crippen LogP contribution in [0.4, 0.5) is 35.0 Å². The van der Waals surface area contributed by atoms with Gasteiger partial charge in [-0.15, -0.1) is 0 Å². The van der Waals surface area contributed by atoms with Gasteiger partial charge in [-0.3, -0.25) is 9.78 Å². The Morgan fingerprint density at radius 1 is 1.14 bits per heavy atom. The number of morpholine rings is 1. The first-order valence-electron chi connectivity index (χ1n) is 10.4. The van der Waals surface area contributed by atoms with Crippen molar-refractivity contribution in [2.24, 2.45) is 5.10 Å². The molecule has 1 fully saturated rings. The number of carbonyl (C=O) groups excluding carboxylic acids is 1. The number of amides is 1. The molecule has 1 aliphatic heterocycles. The largest absolute Gasteiger partial charge is 0.416 e. The van der Waals surface area contributed by atoms with Crippen LogP contribution < -0.4 is 15.6 Å². The summed E-state index contributed by atoms with van der Waals surface area (Å²) in [4.78, 5) is 26.3. The van der Waals surface area contributed by atoms with Crippen molar-refractivity contribution in [1.29, 1.82) is 0 Å². The van der Waals surface area contributed by atoms with E-state index >= 15 is 0 Å². The number of rotatable bonds is 6. The summed E-state index contributed by atoms with van der Waals surface area (Å²) in [6.45, 7) is 1.92. The van der Waals surface area contributed by atoms with E-state index in [1.165, 1.54) is 36.7 Å². The van der Waals surface area contributed by atoms with Crippen molar-refractivity contribution >= 4 is 29.6 Å². The summed E-state index contributed by atoms with van der Waals surface area (Å²) in [7, 11) is 0. The molecule has 0 saturated carbocycles. The lowest BCUT2D eigenvalue weighted by Gasteiger charge is -2.27. The minimum atomic E-state index is -4.52. The van der Waals surface area contributed by atoms with E-state index in [0.29, 0.717) is 26.3 Å². The average Bonchev–Trinajstić information content (AvgIpc) is 2.85. The highest BCUT2D eigenvalue weighted by Crippen LogP contribution is 2.30. The van der Waals surface area contributed by atoms with Gasteiger partial charge in [-0.25, -0.2) is 14.8 Å². The zero-order chi connectivity index (χ0) is 24.8. The van der Waals surface area contributed by atoms with Crippen LogP contribution in [0.2, 0.25) is 0 Å². The Bertz CT molecular complexity index is 1230. The van der Waals surface area contributed by atoms with Crippen LogP contribution >= 0.6 is 0 Å². The van der Waals surface area contributed by atoms with Gasteiger partial charge in [0.15, 0.2) is 11.6 Å². The molecule has 4 rings (SSSR count). The monoisotopic (exact) mass is 489 g/mol. The third-order valence-corrected chi connectivity index (χ3v) is 4.89. The second-order valence-electron chi connectivity index (χ2n) is 7.34. The lowest BCUT2D eigenvalue weighted by atomic mass is 10.1. The molecule has 35 heavy (non-hydrogen) atoms. The number of hydrazone groups is 1. The second-order valence-corrected chi connectivity index (χ2v) is 7.34. The average molecular weight is 489 g/mol. The zero-order valence-corrected chi connectivity index (χ0v) is 18.1. The standard InChI is InChI=1S/C22H19F4N7O2/c23-18-13-28-21(31-19(18)33-6-8-35-9-7-33)32-29-12-17-10-14(4-5-27-17)20(34)30-16-3-1-2-15(11-16)22(24,25)26/h1-5,10-13H,6-9H2,(H,30,34)(H,28,31,32)/b29-12+. The molecule has 1 aromatic carbocycles. The highest BCUT2D eigenvalue weighted by atomic mass is 19.4. The van der Waals surface area contributed by atoms with Gasteiger partial charge in [-0.2, -0.15) is 23.3 Å². The van der Waals surface area contributed by atoms with Crippen LogP contribution in [-0.4, -0.2) is 53.4 Å². The summed E-state index contributed by atoms with van der Waals surface area (Å²) in [6.07, 6.45) is -0.840. The Morgan fingerprint density at radius 2 is 1.94 bits per heavy atom. The Kier molecular flexibility index (Phi) is 7.15. The molecule has 1 amide bonds. The summed E-state index contributed by atoms with van der Waals surface area (Å²) in [5, 5.41) is 6.39. The summed E-state index contributed by atoms with van der Waals surface area (Å²) in [5.74, 6) is -0.996. The molecule has 0 bridgehead atoms. The summed E-state index contributed by atoms with van der Waals surface area (Å²) in [6, 6.07) is 7.13. The molecule has 1 aliphatic rings. The fourth-order valence-corrected chi connectivity index (χ4v) is 3.20. The first-order chi connectivity index (χ1) is 16.8. The molecule has 3 aromatic rings. The second kappa shape index (κ2) is 10.4. The topological polar surface area (TPSA) is 105 Å². The number of benzene rings is 1. The maximum Gasteiger partial charge on any atom is 0.416 e. The van der Waals surface area contributed by atoms with Gasteiger partial charge in [0.1, 0.15) is 0 Å². The molecule has 0 aliphatic carbocycles. The van der Waals surface area contributed by atoms with Crippen LogP contribution in [0.15, 0.2) is 53.9 Å². The van der Waals surface area contributed by atoms with Crippen molar-refractivity contribution in [3.8, 4) is 0 Å². The van der Waals surface area contributed by atoms with Crippen LogP contribution in [0.5, 0.6) is 0 Å². The number of alkyl halides is 3. The van der Waals surface area contributed by atoms with Gasteiger partial charge < -0.3 is 15.0 Å².